The Morgan fingerprint density at radius 3 is 2.59 bits per heavy atom. The number of nitrogens with zero attached hydrogens (tertiary/aromatic N) is 4. The summed E-state index contributed by atoms with van der Waals surface area (Å²) in [5.74, 6) is 0.901. The quantitative estimate of drug-likeness (QED) is 0.512. The highest BCUT2D eigenvalue weighted by molar-refractivity contribution is 7.89. The van der Waals surface area contributed by atoms with Gasteiger partial charge in [0.25, 0.3) is 5.91 Å². The molecule has 11 heteroatoms. The normalized spacial score (nSPS) is 20.4. The molecule has 2 aromatic heterocycles. The molecule has 1 aliphatic carbocycles. The van der Waals surface area contributed by atoms with Crippen molar-refractivity contribution in [3.8, 4) is 0 Å². The van der Waals surface area contributed by atoms with E-state index in [2.05, 4.69) is 19.6 Å². The summed E-state index contributed by atoms with van der Waals surface area (Å²) < 4.78 is 33.4. The monoisotopic (exact) mass is 541 g/mol. The molecule has 0 unspecified atom stereocenters. The molecule has 0 spiro atoms. The number of anilines is 1. The van der Waals surface area contributed by atoms with Crippen molar-refractivity contribution in [2.24, 2.45) is 0 Å². The van der Waals surface area contributed by atoms with Crippen LogP contribution < -0.4 is 9.62 Å². The number of piperazine rings is 1. The van der Waals surface area contributed by atoms with Crippen LogP contribution in [0.3, 0.4) is 0 Å². The Balaban J connectivity index is 1.10. The second-order valence-corrected chi connectivity index (χ2v) is 12.7. The maximum Gasteiger partial charge on any atom is 0.253 e. The second-order valence-electron chi connectivity index (χ2n) is 9.88. The minimum atomic E-state index is -3.65. The van der Waals surface area contributed by atoms with Crippen molar-refractivity contribution in [2.45, 2.75) is 49.5 Å². The molecule has 1 aromatic carbocycles. The highest BCUT2D eigenvalue weighted by atomic mass is 32.2. The Morgan fingerprint density at radius 2 is 1.84 bits per heavy atom. The number of carbonyl (C=O) groups excluding carboxylic acids is 1. The van der Waals surface area contributed by atoms with E-state index in [9.17, 15) is 13.2 Å². The lowest BCUT2D eigenvalue weighted by Gasteiger charge is -2.35. The van der Waals surface area contributed by atoms with Crippen molar-refractivity contribution in [1.29, 1.82) is 0 Å². The van der Waals surface area contributed by atoms with Gasteiger partial charge in [-0.2, -0.15) is 0 Å². The van der Waals surface area contributed by atoms with Gasteiger partial charge in [0, 0.05) is 49.8 Å². The molecule has 2 aliphatic heterocycles. The lowest BCUT2D eigenvalue weighted by Crippen LogP contribution is -2.49. The van der Waals surface area contributed by atoms with Crippen molar-refractivity contribution < 1.29 is 17.9 Å². The minimum Gasteiger partial charge on any atom is -0.377 e. The van der Waals surface area contributed by atoms with E-state index in [0.717, 1.165) is 36.3 Å². The lowest BCUT2D eigenvalue weighted by atomic mass is 9.97. The summed E-state index contributed by atoms with van der Waals surface area (Å²) in [5.41, 5.74) is 1.91. The van der Waals surface area contributed by atoms with E-state index >= 15 is 0 Å². The van der Waals surface area contributed by atoms with Gasteiger partial charge >= 0.3 is 0 Å². The molecular formula is C26H31N5O4S2. The van der Waals surface area contributed by atoms with Gasteiger partial charge in [-0.1, -0.05) is 0 Å². The summed E-state index contributed by atoms with van der Waals surface area (Å²) in [6, 6.07) is 6.19. The van der Waals surface area contributed by atoms with Crippen molar-refractivity contribution in [2.75, 3.05) is 44.2 Å². The fourth-order valence-corrected chi connectivity index (χ4v) is 7.78. The maximum absolute atomic E-state index is 13.2. The predicted octanol–water partition coefficient (Wildman–Crippen LogP) is 2.99. The van der Waals surface area contributed by atoms with E-state index in [0.29, 0.717) is 38.3 Å². The Morgan fingerprint density at radius 1 is 1.05 bits per heavy atom. The van der Waals surface area contributed by atoms with Gasteiger partial charge in [0.2, 0.25) is 10.0 Å². The number of aryl methyl sites for hydroxylation is 2. The minimum absolute atomic E-state index is 0.0714. The number of benzene rings is 1. The van der Waals surface area contributed by atoms with E-state index in [1.807, 2.05) is 4.90 Å². The zero-order valence-electron chi connectivity index (χ0n) is 20.7. The zero-order chi connectivity index (χ0) is 25.4. The van der Waals surface area contributed by atoms with Crippen LogP contribution in [-0.4, -0.2) is 74.6 Å². The molecule has 2 saturated heterocycles. The van der Waals surface area contributed by atoms with Crippen LogP contribution in [0, 0.1) is 0 Å². The Bertz CT molecular complexity index is 1390. The molecule has 9 nitrogen and oxygen atoms in total. The largest absolute Gasteiger partial charge is 0.377 e. The topological polar surface area (TPSA) is 105 Å². The van der Waals surface area contributed by atoms with Crippen LogP contribution in [0.25, 0.3) is 10.2 Å². The SMILES string of the molecule is O=C(c1ccc(S(=O)(=O)NC[C@H]2CCCO2)cc1)N1CCN(c2ncnc3sc4c(c23)CCCC4)CC1. The molecule has 1 N–H and O–H groups in total. The highest BCUT2D eigenvalue weighted by Crippen LogP contribution is 2.39. The smallest absolute Gasteiger partial charge is 0.253 e. The second kappa shape index (κ2) is 10.3. The van der Waals surface area contributed by atoms with Crippen LogP contribution in [0.4, 0.5) is 5.82 Å². The van der Waals surface area contributed by atoms with E-state index in [-0.39, 0.29) is 23.5 Å². The summed E-state index contributed by atoms with van der Waals surface area (Å²) >= 11 is 1.80. The van der Waals surface area contributed by atoms with Gasteiger partial charge in [0.05, 0.1) is 16.4 Å². The molecule has 4 heterocycles. The number of rotatable bonds is 6. The number of nitrogens with one attached hydrogen (secondary N) is 1. The van der Waals surface area contributed by atoms with Crippen molar-refractivity contribution in [1.82, 2.24) is 19.6 Å². The van der Waals surface area contributed by atoms with Gasteiger partial charge in [-0.25, -0.2) is 23.1 Å². The van der Waals surface area contributed by atoms with E-state index < -0.39 is 10.0 Å². The standard InChI is InChI=1S/C26H31N5O4S2/c32-26(18-7-9-20(10-8-18)37(33,34)29-16-19-4-3-15-35-19)31-13-11-30(12-14-31)24-23-21-5-1-2-6-22(21)36-25(23)28-17-27-24/h7-10,17,19,29H,1-6,11-16H2/t19-/m1/s1. The van der Waals surface area contributed by atoms with Crippen molar-refractivity contribution >= 4 is 43.3 Å². The summed E-state index contributed by atoms with van der Waals surface area (Å²) in [5, 5.41) is 1.20. The molecule has 0 bridgehead atoms. The molecule has 37 heavy (non-hydrogen) atoms. The summed E-state index contributed by atoms with van der Waals surface area (Å²) in [6.45, 7) is 3.50. The van der Waals surface area contributed by atoms with Crippen LogP contribution >= 0.6 is 11.3 Å². The molecule has 0 saturated carbocycles. The van der Waals surface area contributed by atoms with Gasteiger partial charge < -0.3 is 14.5 Å². The van der Waals surface area contributed by atoms with Crippen molar-refractivity contribution in [3.63, 3.8) is 0 Å². The number of aromatic nitrogens is 2. The lowest BCUT2D eigenvalue weighted by molar-refractivity contribution is 0.0746. The summed E-state index contributed by atoms with van der Waals surface area (Å²) in [6.07, 6.45) is 8.06. The fraction of sp³-hybridized carbons (Fsp3) is 0.500. The number of hydrogen-bond donors (Lipinski definition) is 1. The van der Waals surface area contributed by atoms with Crippen LogP contribution in [-0.2, 0) is 27.6 Å². The van der Waals surface area contributed by atoms with Gasteiger partial charge in [-0.05, 0) is 68.4 Å². The molecule has 0 radical (unpaired) electrons. The third kappa shape index (κ3) is 4.97. The Kier molecular flexibility index (Phi) is 6.87. The van der Waals surface area contributed by atoms with E-state index in [1.165, 1.54) is 40.8 Å². The van der Waals surface area contributed by atoms with Crippen LogP contribution in [0.15, 0.2) is 35.5 Å². The number of hydrogen-bond acceptors (Lipinski definition) is 8. The third-order valence-electron chi connectivity index (χ3n) is 7.53. The molecule has 3 aliphatic rings. The molecule has 2 fully saturated rings. The molecule has 1 amide bonds. The molecule has 1 atom stereocenters. The number of carbonyl (C=O) groups is 1. The zero-order valence-corrected chi connectivity index (χ0v) is 22.3. The van der Waals surface area contributed by atoms with Gasteiger partial charge in [-0.15, -0.1) is 11.3 Å². The molecular weight excluding hydrogens is 510 g/mol. The molecule has 3 aromatic rings. The van der Waals surface area contributed by atoms with Crippen LogP contribution in [0.2, 0.25) is 0 Å². The molecule has 196 valence electrons. The Labute approximate surface area is 220 Å². The Hall–Kier alpha value is -2.60. The number of sulfonamides is 1. The molecule has 6 rings (SSSR count). The first-order valence-electron chi connectivity index (χ1n) is 13.0. The first-order chi connectivity index (χ1) is 18.0. The summed E-state index contributed by atoms with van der Waals surface area (Å²) in [7, 11) is -3.65. The van der Waals surface area contributed by atoms with Crippen molar-refractivity contribution in [3.05, 3.63) is 46.6 Å². The van der Waals surface area contributed by atoms with Crippen LogP contribution in [0.5, 0.6) is 0 Å². The fourth-order valence-electron chi connectivity index (χ4n) is 5.49. The average Bonchev–Trinajstić information content (AvgIpc) is 3.60. The summed E-state index contributed by atoms with van der Waals surface area (Å²) in [4.78, 5) is 29.1. The first kappa shape index (κ1) is 24.7. The number of ether oxygens (including phenoxy) is 1. The van der Waals surface area contributed by atoms with Gasteiger partial charge in [-0.3, -0.25) is 4.79 Å². The van der Waals surface area contributed by atoms with Gasteiger partial charge in [0.15, 0.2) is 0 Å². The van der Waals surface area contributed by atoms with Gasteiger partial charge in [0.1, 0.15) is 17.0 Å². The average molecular weight is 542 g/mol. The van der Waals surface area contributed by atoms with E-state index in [4.69, 9.17) is 4.74 Å². The third-order valence-corrected chi connectivity index (χ3v) is 10.2. The van der Waals surface area contributed by atoms with Crippen LogP contribution in [0.1, 0.15) is 46.5 Å². The number of fused-ring (bicyclic) bond motifs is 3. The maximum atomic E-state index is 13.2. The highest BCUT2D eigenvalue weighted by Gasteiger charge is 2.27. The first-order valence-corrected chi connectivity index (χ1v) is 15.3. The van der Waals surface area contributed by atoms with E-state index in [1.54, 1.807) is 29.8 Å². The number of thiophene rings is 1. The number of amides is 1. The predicted molar refractivity (Wildman–Crippen MR) is 143 cm³/mol.